The topological polar surface area (TPSA) is 53.9 Å². The van der Waals surface area contributed by atoms with Gasteiger partial charge in [-0.05, 0) is 37.5 Å². The van der Waals surface area contributed by atoms with Gasteiger partial charge in [-0.2, -0.15) is 5.10 Å². The van der Waals surface area contributed by atoms with E-state index in [9.17, 15) is 4.79 Å². The van der Waals surface area contributed by atoms with Gasteiger partial charge in [0.2, 0.25) is 0 Å². The first-order chi connectivity index (χ1) is 12.0. The fourth-order valence-electron chi connectivity index (χ4n) is 3.68. The van der Waals surface area contributed by atoms with E-state index in [0.29, 0.717) is 15.7 Å². The Bertz CT molecular complexity index is 975. The Morgan fingerprint density at radius 3 is 3.00 bits per heavy atom. The van der Waals surface area contributed by atoms with Gasteiger partial charge in [0.05, 0.1) is 17.3 Å². The smallest absolute Gasteiger partial charge is 0.272 e. The summed E-state index contributed by atoms with van der Waals surface area (Å²) in [5.74, 6) is -0.126. The highest BCUT2D eigenvalue weighted by Crippen LogP contribution is 2.36. The summed E-state index contributed by atoms with van der Waals surface area (Å²) in [7, 11) is 3.77. The number of H-pyrrole nitrogens is 1. The van der Waals surface area contributed by atoms with Crippen molar-refractivity contribution in [3.8, 4) is 0 Å². The second-order valence-electron chi connectivity index (χ2n) is 6.50. The number of aromatic nitrogens is 3. The number of rotatable bonds is 2. The minimum absolute atomic E-state index is 0.0102. The first-order valence-corrected chi connectivity index (χ1v) is 8.97. The van der Waals surface area contributed by atoms with Crippen LogP contribution >= 0.6 is 23.2 Å². The number of amides is 1. The van der Waals surface area contributed by atoms with Gasteiger partial charge in [-0.1, -0.05) is 23.2 Å². The van der Waals surface area contributed by atoms with Crippen LogP contribution in [0.4, 0.5) is 0 Å². The summed E-state index contributed by atoms with van der Waals surface area (Å²) in [6, 6.07) is 5.39. The SMILES string of the molecule is CN(C(=O)c1[nH]c2ccc(Cl)cc2c1Cl)C1CCCc2c1cnn2C. The van der Waals surface area contributed by atoms with Crippen molar-refractivity contribution in [2.24, 2.45) is 7.05 Å². The third-order valence-electron chi connectivity index (χ3n) is 5.04. The highest BCUT2D eigenvalue weighted by molar-refractivity contribution is 6.39. The van der Waals surface area contributed by atoms with Crippen molar-refractivity contribution < 1.29 is 4.79 Å². The number of fused-ring (bicyclic) bond motifs is 2. The Balaban J connectivity index is 1.71. The maximum Gasteiger partial charge on any atom is 0.272 e. The van der Waals surface area contributed by atoms with Crippen molar-refractivity contribution in [1.29, 1.82) is 0 Å². The van der Waals surface area contributed by atoms with Crippen molar-refractivity contribution in [2.45, 2.75) is 25.3 Å². The van der Waals surface area contributed by atoms with Gasteiger partial charge in [0.15, 0.2) is 0 Å². The van der Waals surface area contributed by atoms with Gasteiger partial charge in [-0.3, -0.25) is 9.48 Å². The standard InChI is InChI=1S/C18H18Cl2N4O/c1-23(14-4-3-5-15-12(14)9-21-24(15)2)18(25)17-16(20)11-8-10(19)6-7-13(11)22-17/h6-9,14,22H,3-5H2,1-2H3. The van der Waals surface area contributed by atoms with E-state index in [1.54, 1.807) is 17.0 Å². The number of aryl methyl sites for hydroxylation is 1. The molecule has 4 rings (SSSR count). The highest BCUT2D eigenvalue weighted by atomic mass is 35.5. The molecule has 0 saturated heterocycles. The number of carbonyl (C=O) groups is 1. The molecule has 0 radical (unpaired) electrons. The summed E-state index contributed by atoms with van der Waals surface area (Å²) in [6.45, 7) is 0. The first kappa shape index (κ1) is 16.5. The van der Waals surface area contributed by atoms with E-state index in [1.807, 2.05) is 31.0 Å². The Hall–Kier alpha value is -1.98. The molecule has 0 spiro atoms. The van der Waals surface area contributed by atoms with Crippen LogP contribution < -0.4 is 0 Å². The van der Waals surface area contributed by atoms with E-state index >= 15 is 0 Å². The number of nitrogens with zero attached hydrogens (tertiary/aromatic N) is 3. The predicted molar refractivity (Wildman–Crippen MR) is 99.3 cm³/mol. The third-order valence-corrected chi connectivity index (χ3v) is 5.67. The summed E-state index contributed by atoms with van der Waals surface area (Å²) in [5.41, 5.74) is 3.53. The van der Waals surface area contributed by atoms with E-state index in [1.165, 1.54) is 5.69 Å². The minimum atomic E-state index is -0.126. The summed E-state index contributed by atoms with van der Waals surface area (Å²) in [4.78, 5) is 18.0. The molecule has 1 aliphatic rings. The fourth-order valence-corrected chi connectivity index (χ4v) is 4.14. The molecule has 0 saturated carbocycles. The van der Waals surface area contributed by atoms with E-state index in [-0.39, 0.29) is 11.9 Å². The lowest BCUT2D eigenvalue weighted by Crippen LogP contribution is -2.33. The maximum atomic E-state index is 13.1. The lowest BCUT2D eigenvalue weighted by molar-refractivity contribution is 0.0710. The van der Waals surface area contributed by atoms with Gasteiger partial charge in [-0.25, -0.2) is 0 Å². The molecule has 1 amide bonds. The van der Waals surface area contributed by atoms with E-state index in [0.717, 1.165) is 35.7 Å². The molecule has 0 bridgehead atoms. The largest absolute Gasteiger partial charge is 0.349 e. The molecule has 0 fully saturated rings. The molecule has 1 aliphatic carbocycles. The van der Waals surface area contributed by atoms with Crippen molar-refractivity contribution in [1.82, 2.24) is 19.7 Å². The molecule has 5 nitrogen and oxygen atoms in total. The van der Waals surface area contributed by atoms with E-state index < -0.39 is 0 Å². The molecule has 1 aromatic carbocycles. The molecule has 1 atom stereocenters. The number of hydrogen-bond donors (Lipinski definition) is 1. The van der Waals surface area contributed by atoms with Gasteiger partial charge in [0.25, 0.3) is 5.91 Å². The zero-order chi connectivity index (χ0) is 17.7. The number of hydrogen-bond acceptors (Lipinski definition) is 2. The van der Waals surface area contributed by atoms with E-state index in [4.69, 9.17) is 23.2 Å². The first-order valence-electron chi connectivity index (χ1n) is 8.22. The van der Waals surface area contributed by atoms with Gasteiger partial charge >= 0.3 is 0 Å². The number of nitrogens with one attached hydrogen (secondary N) is 1. The molecular formula is C18H18Cl2N4O. The van der Waals surface area contributed by atoms with Crippen LogP contribution in [0.1, 0.15) is 40.6 Å². The summed E-state index contributed by atoms with van der Waals surface area (Å²) in [5, 5.41) is 6.12. The van der Waals surface area contributed by atoms with Gasteiger partial charge < -0.3 is 9.88 Å². The molecule has 3 aromatic rings. The average molecular weight is 377 g/mol. The molecule has 7 heteroatoms. The molecule has 1 unspecified atom stereocenters. The lowest BCUT2D eigenvalue weighted by atomic mass is 9.92. The van der Waals surface area contributed by atoms with Crippen molar-refractivity contribution >= 4 is 40.0 Å². The van der Waals surface area contributed by atoms with Crippen LogP contribution in [-0.2, 0) is 13.5 Å². The predicted octanol–water partition coefficient (Wildman–Crippen LogP) is 4.36. The summed E-state index contributed by atoms with van der Waals surface area (Å²) < 4.78 is 1.90. The van der Waals surface area contributed by atoms with Crippen LogP contribution in [-0.4, -0.2) is 32.6 Å². The summed E-state index contributed by atoms with van der Waals surface area (Å²) in [6.07, 6.45) is 4.82. The molecule has 2 heterocycles. The Morgan fingerprint density at radius 2 is 2.20 bits per heavy atom. The zero-order valence-electron chi connectivity index (χ0n) is 14.0. The van der Waals surface area contributed by atoms with Crippen LogP contribution in [0, 0.1) is 0 Å². The van der Waals surface area contributed by atoms with Gasteiger partial charge in [0, 0.05) is 41.3 Å². The molecular weight excluding hydrogens is 359 g/mol. The van der Waals surface area contributed by atoms with Crippen molar-refractivity contribution in [3.63, 3.8) is 0 Å². The number of aromatic amines is 1. The van der Waals surface area contributed by atoms with Crippen LogP contribution in [0.25, 0.3) is 10.9 Å². The molecule has 0 aliphatic heterocycles. The fraction of sp³-hybridized carbons (Fsp3) is 0.333. The van der Waals surface area contributed by atoms with Crippen LogP contribution in [0.5, 0.6) is 0 Å². The lowest BCUT2D eigenvalue weighted by Gasteiger charge is -2.31. The maximum absolute atomic E-state index is 13.1. The quantitative estimate of drug-likeness (QED) is 0.722. The third kappa shape index (κ3) is 2.62. The number of carbonyl (C=O) groups excluding carboxylic acids is 1. The Kier molecular flexibility index (Phi) is 4.01. The van der Waals surface area contributed by atoms with Gasteiger partial charge in [-0.15, -0.1) is 0 Å². The minimum Gasteiger partial charge on any atom is -0.349 e. The van der Waals surface area contributed by atoms with Crippen LogP contribution in [0.15, 0.2) is 24.4 Å². The Morgan fingerprint density at radius 1 is 1.40 bits per heavy atom. The number of benzene rings is 1. The van der Waals surface area contributed by atoms with Crippen molar-refractivity contribution in [2.75, 3.05) is 7.05 Å². The molecule has 130 valence electrons. The normalized spacial score (nSPS) is 16.9. The zero-order valence-corrected chi connectivity index (χ0v) is 15.5. The average Bonchev–Trinajstić information content (AvgIpc) is 3.15. The van der Waals surface area contributed by atoms with Gasteiger partial charge in [0.1, 0.15) is 5.69 Å². The highest BCUT2D eigenvalue weighted by Gasteiger charge is 2.31. The van der Waals surface area contributed by atoms with Crippen LogP contribution in [0.3, 0.4) is 0 Å². The summed E-state index contributed by atoms with van der Waals surface area (Å²) >= 11 is 12.5. The molecule has 2 aromatic heterocycles. The van der Waals surface area contributed by atoms with E-state index in [2.05, 4.69) is 10.1 Å². The van der Waals surface area contributed by atoms with Crippen LogP contribution in [0.2, 0.25) is 10.0 Å². The second-order valence-corrected chi connectivity index (χ2v) is 7.31. The second kappa shape index (κ2) is 6.07. The number of halogens is 2. The van der Waals surface area contributed by atoms with Crippen molar-refractivity contribution in [3.05, 3.63) is 51.4 Å². The Labute approximate surface area is 155 Å². The molecule has 25 heavy (non-hydrogen) atoms. The molecule has 1 N–H and O–H groups in total. The monoisotopic (exact) mass is 376 g/mol.